The van der Waals surface area contributed by atoms with Crippen LogP contribution in [0.4, 0.5) is 5.69 Å². The molecule has 1 heterocycles. The molecule has 5 rings (SSSR count). The highest BCUT2D eigenvalue weighted by molar-refractivity contribution is 7.92. The van der Waals surface area contributed by atoms with Gasteiger partial charge in [-0.3, -0.25) is 9.10 Å². The average molecular weight is 477 g/mol. The minimum Gasteiger partial charge on any atom is -0.476 e. The Balaban J connectivity index is 1.40. The number of benzene rings is 3. The summed E-state index contributed by atoms with van der Waals surface area (Å²) in [5.41, 5.74) is 5.16. The van der Waals surface area contributed by atoms with Crippen LogP contribution in [0.1, 0.15) is 41.6 Å². The van der Waals surface area contributed by atoms with E-state index in [1.54, 1.807) is 48.5 Å². The Labute approximate surface area is 200 Å². The zero-order valence-corrected chi connectivity index (χ0v) is 20.1. The zero-order chi connectivity index (χ0) is 23.9. The number of amides is 1. The Morgan fingerprint density at radius 3 is 2.56 bits per heavy atom. The number of nitrogens with zero attached hydrogens (tertiary/aromatic N) is 1. The van der Waals surface area contributed by atoms with E-state index in [-0.39, 0.29) is 23.4 Å². The van der Waals surface area contributed by atoms with Crippen LogP contribution in [0.5, 0.6) is 5.75 Å². The Morgan fingerprint density at radius 1 is 1.03 bits per heavy atom. The number of anilines is 1. The quantitative estimate of drug-likeness (QED) is 0.595. The van der Waals surface area contributed by atoms with Crippen LogP contribution in [-0.2, 0) is 27.7 Å². The van der Waals surface area contributed by atoms with Crippen LogP contribution in [0, 0.1) is 6.92 Å². The third kappa shape index (κ3) is 4.16. The van der Waals surface area contributed by atoms with Gasteiger partial charge in [0.2, 0.25) is 0 Å². The van der Waals surface area contributed by atoms with Gasteiger partial charge in [-0.05, 0) is 74.1 Å². The van der Waals surface area contributed by atoms with Gasteiger partial charge in [0.05, 0.1) is 23.2 Å². The first-order valence-corrected chi connectivity index (χ1v) is 13.0. The van der Waals surface area contributed by atoms with E-state index in [0.717, 1.165) is 24.0 Å². The Hall–Kier alpha value is -3.32. The Bertz CT molecular complexity index is 1330. The van der Waals surface area contributed by atoms with E-state index in [2.05, 4.69) is 23.5 Å². The van der Waals surface area contributed by atoms with E-state index in [1.807, 2.05) is 13.8 Å². The van der Waals surface area contributed by atoms with Gasteiger partial charge in [0.15, 0.2) is 6.10 Å². The number of hydrogen-bond acceptors (Lipinski definition) is 4. The molecule has 0 bridgehead atoms. The summed E-state index contributed by atoms with van der Waals surface area (Å²) in [6, 6.07) is 19.8. The van der Waals surface area contributed by atoms with Gasteiger partial charge in [0, 0.05) is 0 Å². The minimum absolute atomic E-state index is 0.101. The van der Waals surface area contributed by atoms with E-state index in [9.17, 15) is 13.2 Å². The molecule has 176 valence electrons. The third-order valence-corrected chi connectivity index (χ3v) is 8.41. The van der Waals surface area contributed by atoms with Crippen molar-refractivity contribution in [2.45, 2.75) is 50.2 Å². The van der Waals surface area contributed by atoms with E-state index in [1.165, 1.54) is 21.9 Å². The first-order valence-electron chi connectivity index (χ1n) is 11.6. The number of ether oxygens (including phenoxy) is 1. The normalized spacial score (nSPS) is 17.9. The van der Waals surface area contributed by atoms with Crippen molar-refractivity contribution in [1.82, 2.24) is 5.32 Å². The highest BCUT2D eigenvalue weighted by Crippen LogP contribution is 2.37. The van der Waals surface area contributed by atoms with Gasteiger partial charge in [0.25, 0.3) is 15.9 Å². The molecule has 1 aliphatic heterocycles. The molecule has 0 radical (unpaired) electrons. The monoisotopic (exact) mass is 476 g/mol. The second kappa shape index (κ2) is 8.80. The van der Waals surface area contributed by atoms with Gasteiger partial charge < -0.3 is 10.1 Å². The van der Waals surface area contributed by atoms with Crippen LogP contribution in [-0.4, -0.2) is 27.0 Å². The van der Waals surface area contributed by atoms with Crippen molar-refractivity contribution in [3.8, 4) is 5.75 Å². The third-order valence-electron chi connectivity index (χ3n) is 6.62. The molecule has 6 nitrogen and oxygen atoms in total. The molecule has 0 saturated carbocycles. The molecule has 3 aromatic rings. The molecule has 3 aromatic carbocycles. The summed E-state index contributed by atoms with van der Waals surface area (Å²) in [6.45, 7) is 3.74. The summed E-state index contributed by atoms with van der Waals surface area (Å²) in [6.07, 6.45) is 2.38. The summed E-state index contributed by atoms with van der Waals surface area (Å²) in [4.78, 5) is 13.4. The Morgan fingerprint density at radius 2 is 1.76 bits per heavy atom. The maximum absolute atomic E-state index is 13.5. The molecule has 7 heteroatoms. The maximum atomic E-state index is 13.5. The van der Waals surface area contributed by atoms with Gasteiger partial charge >= 0.3 is 0 Å². The molecular formula is C27H28N2O4S. The molecule has 0 unspecified atom stereocenters. The highest BCUT2D eigenvalue weighted by Gasteiger charge is 2.37. The lowest BCUT2D eigenvalue weighted by Gasteiger charge is -2.35. The Kier molecular flexibility index (Phi) is 5.81. The van der Waals surface area contributed by atoms with Crippen LogP contribution in [0.3, 0.4) is 0 Å². The van der Waals surface area contributed by atoms with Gasteiger partial charge in [-0.25, -0.2) is 8.42 Å². The van der Waals surface area contributed by atoms with Crippen LogP contribution < -0.4 is 14.4 Å². The van der Waals surface area contributed by atoms with Gasteiger partial charge in [0.1, 0.15) is 5.75 Å². The minimum atomic E-state index is -3.87. The molecule has 0 spiro atoms. The fourth-order valence-electron chi connectivity index (χ4n) is 4.65. The molecule has 1 aliphatic carbocycles. The van der Waals surface area contributed by atoms with Crippen LogP contribution in [0.15, 0.2) is 71.6 Å². The summed E-state index contributed by atoms with van der Waals surface area (Å²) >= 11 is 0. The predicted molar refractivity (Wildman–Crippen MR) is 132 cm³/mol. The number of para-hydroxylation sites is 2. The lowest BCUT2D eigenvalue weighted by molar-refractivity contribution is -0.128. The van der Waals surface area contributed by atoms with Crippen molar-refractivity contribution in [3.63, 3.8) is 0 Å². The second-order valence-corrected chi connectivity index (χ2v) is 10.9. The van der Waals surface area contributed by atoms with Gasteiger partial charge in [-0.15, -0.1) is 0 Å². The molecule has 2 aliphatic rings. The fraction of sp³-hybridized carbons (Fsp3) is 0.296. The zero-order valence-electron chi connectivity index (χ0n) is 19.3. The maximum Gasteiger partial charge on any atom is 0.264 e. The number of carbonyl (C=O) groups is 1. The van der Waals surface area contributed by atoms with E-state index >= 15 is 0 Å². The van der Waals surface area contributed by atoms with E-state index in [4.69, 9.17) is 4.74 Å². The van der Waals surface area contributed by atoms with Crippen LogP contribution in [0.25, 0.3) is 0 Å². The van der Waals surface area contributed by atoms with Crippen molar-refractivity contribution in [2.75, 3.05) is 10.8 Å². The summed E-state index contributed by atoms with van der Waals surface area (Å²) in [5.74, 6) is 0.0291. The largest absolute Gasteiger partial charge is 0.476 e. The van der Waals surface area contributed by atoms with Crippen LogP contribution >= 0.6 is 0 Å². The molecule has 0 saturated heterocycles. The summed E-state index contributed by atoms with van der Waals surface area (Å²) in [7, 11) is -3.87. The van der Waals surface area contributed by atoms with Crippen molar-refractivity contribution >= 4 is 21.6 Å². The molecule has 1 N–H and O–H groups in total. The van der Waals surface area contributed by atoms with Gasteiger partial charge in [-0.2, -0.15) is 0 Å². The number of aryl methyl sites for hydroxylation is 3. The van der Waals surface area contributed by atoms with Crippen molar-refractivity contribution in [1.29, 1.82) is 0 Å². The number of rotatable bonds is 5. The molecule has 34 heavy (non-hydrogen) atoms. The first kappa shape index (κ1) is 22.5. The van der Waals surface area contributed by atoms with Crippen molar-refractivity contribution in [3.05, 3.63) is 89.0 Å². The van der Waals surface area contributed by atoms with E-state index < -0.39 is 16.1 Å². The molecular weight excluding hydrogens is 448 g/mol. The van der Waals surface area contributed by atoms with Gasteiger partial charge in [-0.1, -0.05) is 48.0 Å². The summed E-state index contributed by atoms with van der Waals surface area (Å²) in [5, 5.41) is 3.02. The number of carbonyl (C=O) groups excluding carboxylic acids is 1. The predicted octanol–water partition coefficient (Wildman–Crippen LogP) is 4.32. The summed E-state index contributed by atoms with van der Waals surface area (Å²) < 4.78 is 34.3. The van der Waals surface area contributed by atoms with E-state index in [0.29, 0.717) is 11.4 Å². The number of hydrogen-bond donors (Lipinski definition) is 1. The number of fused-ring (bicyclic) bond motifs is 2. The first-order chi connectivity index (χ1) is 16.3. The lowest BCUT2D eigenvalue weighted by Crippen LogP contribution is -2.51. The average Bonchev–Trinajstić information content (AvgIpc) is 3.31. The number of sulfonamides is 1. The number of nitrogens with one attached hydrogen (secondary N) is 1. The molecule has 0 fully saturated rings. The molecule has 1 amide bonds. The van der Waals surface area contributed by atoms with Crippen molar-refractivity contribution < 1.29 is 17.9 Å². The standard InChI is InChI=1S/C27H28N2O4S/c1-18-10-14-23(15-11-18)34(31,32)29-17-26(33-25-9-4-3-8-24(25)29)27(30)28-19(2)21-13-12-20-6-5-7-22(20)16-21/h3-4,8-16,19,26H,5-7,17H2,1-2H3,(H,28,30)/t19-,26+/m1/s1. The topological polar surface area (TPSA) is 75.7 Å². The lowest BCUT2D eigenvalue weighted by atomic mass is 10.0. The van der Waals surface area contributed by atoms with Crippen molar-refractivity contribution in [2.24, 2.45) is 0 Å². The highest BCUT2D eigenvalue weighted by atomic mass is 32.2. The fourth-order valence-corrected chi connectivity index (χ4v) is 6.13. The molecule has 0 aromatic heterocycles. The second-order valence-electron chi connectivity index (χ2n) is 9.04. The van der Waals surface area contributed by atoms with Crippen LogP contribution in [0.2, 0.25) is 0 Å². The smallest absolute Gasteiger partial charge is 0.264 e. The molecule has 2 atom stereocenters. The SMILES string of the molecule is Cc1ccc(S(=O)(=O)N2C[C@@H](C(=O)N[C@H](C)c3ccc4c(c3)CCC4)Oc3ccccc32)cc1.